The van der Waals surface area contributed by atoms with Crippen LogP contribution in [-0.2, 0) is 0 Å². The van der Waals surface area contributed by atoms with E-state index in [0.717, 1.165) is 25.8 Å². The molecule has 0 heterocycles. The molecule has 0 spiro atoms. The quantitative estimate of drug-likeness (QED) is 0.722. The summed E-state index contributed by atoms with van der Waals surface area (Å²) in [7, 11) is 0. The lowest BCUT2D eigenvalue weighted by atomic mass is 9.96. The molecule has 1 N–H and O–H groups in total. The van der Waals surface area contributed by atoms with E-state index in [1.165, 1.54) is 12.1 Å². The Morgan fingerprint density at radius 1 is 1.16 bits per heavy atom. The highest BCUT2D eigenvalue weighted by Crippen LogP contribution is 2.28. The van der Waals surface area contributed by atoms with Gasteiger partial charge < -0.3 is 5.32 Å². The van der Waals surface area contributed by atoms with E-state index in [2.05, 4.69) is 35.1 Å². The van der Waals surface area contributed by atoms with Gasteiger partial charge >= 0.3 is 0 Å². The zero-order valence-corrected chi connectivity index (χ0v) is 13.4. The summed E-state index contributed by atoms with van der Waals surface area (Å²) in [6, 6.07) is 2.40. The summed E-state index contributed by atoms with van der Waals surface area (Å²) in [4.78, 5) is 0. The molecular weight excluding hydrogens is 312 g/mol. The monoisotopic (exact) mass is 333 g/mol. The highest BCUT2D eigenvalue weighted by Gasteiger charge is 2.20. The number of rotatable bonds is 7. The van der Waals surface area contributed by atoms with Gasteiger partial charge in [-0.25, -0.2) is 8.78 Å². The number of halogens is 3. The topological polar surface area (TPSA) is 12.0 Å². The van der Waals surface area contributed by atoms with Crippen LogP contribution in [0.2, 0.25) is 0 Å². The van der Waals surface area contributed by atoms with Gasteiger partial charge in [-0.3, -0.25) is 0 Å². The SMILES string of the molecule is CCCNC(CCC(C)C)c1c(F)cc(Br)cc1F. The molecule has 1 nitrogen and oxygen atoms in total. The molecule has 108 valence electrons. The van der Waals surface area contributed by atoms with Crippen molar-refractivity contribution in [2.75, 3.05) is 6.54 Å². The van der Waals surface area contributed by atoms with Crippen molar-refractivity contribution in [1.29, 1.82) is 0 Å². The third-order valence-electron chi connectivity index (χ3n) is 3.07. The van der Waals surface area contributed by atoms with Gasteiger partial charge in [0.1, 0.15) is 11.6 Å². The molecule has 0 aliphatic rings. The van der Waals surface area contributed by atoms with E-state index in [1.807, 2.05) is 6.92 Å². The third-order valence-corrected chi connectivity index (χ3v) is 3.52. The zero-order chi connectivity index (χ0) is 14.4. The van der Waals surface area contributed by atoms with Gasteiger partial charge in [0.2, 0.25) is 0 Å². The van der Waals surface area contributed by atoms with Crippen LogP contribution in [0.15, 0.2) is 16.6 Å². The molecule has 0 amide bonds. The largest absolute Gasteiger partial charge is 0.310 e. The van der Waals surface area contributed by atoms with E-state index in [4.69, 9.17) is 0 Å². The first kappa shape index (κ1) is 16.6. The van der Waals surface area contributed by atoms with Crippen LogP contribution in [0.1, 0.15) is 51.6 Å². The third kappa shape index (κ3) is 5.19. The Morgan fingerprint density at radius 2 is 1.74 bits per heavy atom. The molecule has 1 unspecified atom stereocenters. The maximum absolute atomic E-state index is 14.0. The van der Waals surface area contributed by atoms with Gasteiger partial charge in [0.05, 0.1) is 0 Å². The smallest absolute Gasteiger partial charge is 0.132 e. The lowest BCUT2D eigenvalue weighted by Gasteiger charge is -2.21. The molecule has 19 heavy (non-hydrogen) atoms. The van der Waals surface area contributed by atoms with E-state index < -0.39 is 11.6 Å². The molecular formula is C15H22BrF2N. The average molecular weight is 334 g/mol. The van der Waals surface area contributed by atoms with Crippen LogP contribution < -0.4 is 5.32 Å². The molecule has 0 bridgehead atoms. The van der Waals surface area contributed by atoms with E-state index in [9.17, 15) is 8.78 Å². The summed E-state index contributed by atoms with van der Waals surface area (Å²) in [6.07, 6.45) is 2.63. The second-order valence-electron chi connectivity index (χ2n) is 5.26. The van der Waals surface area contributed by atoms with E-state index in [0.29, 0.717) is 10.4 Å². The van der Waals surface area contributed by atoms with Crippen LogP contribution in [0.3, 0.4) is 0 Å². The zero-order valence-electron chi connectivity index (χ0n) is 11.8. The molecule has 1 aromatic carbocycles. The first-order valence-corrected chi connectivity index (χ1v) is 7.62. The molecule has 0 fully saturated rings. The second-order valence-corrected chi connectivity index (χ2v) is 6.18. The Balaban J connectivity index is 2.95. The Bertz CT molecular complexity index is 384. The fourth-order valence-corrected chi connectivity index (χ4v) is 2.46. The van der Waals surface area contributed by atoms with Gasteiger partial charge in [-0.1, -0.05) is 36.7 Å². The Labute approximate surface area is 122 Å². The predicted octanol–water partition coefficient (Wildman–Crippen LogP) is 5.20. The van der Waals surface area contributed by atoms with Crippen LogP contribution in [-0.4, -0.2) is 6.54 Å². The minimum atomic E-state index is -0.482. The molecule has 4 heteroatoms. The highest BCUT2D eigenvalue weighted by molar-refractivity contribution is 9.10. The lowest BCUT2D eigenvalue weighted by Crippen LogP contribution is -2.24. The average Bonchev–Trinajstić information content (AvgIpc) is 2.30. The highest BCUT2D eigenvalue weighted by atomic mass is 79.9. The van der Waals surface area contributed by atoms with E-state index in [1.54, 1.807) is 0 Å². The molecule has 1 aromatic rings. The fourth-order valence-electron chi connectivity index (χ4n) is 2.05. The number of hydrogen-bond donors (Lipinski definition) is 1. The predicted molar refractivity (Wildman–Crippen MR) is 79.2 cm³/mol. The van der Waals surface area contributed by atoms with Gasteiger partial charge in [0.15, 0.2) is 0 Å². The molecule has 0 aliphatic heterocycles. The van der Waals surface area contributed by atoms with E-state index >= 15 is 0 Å². The molecule has 1 rings (SSSR count). The van der Waals surface area contributed by atoms with Gasteiger partial charge in [-0.2, -0.15) is 0 Å². The maximum atomic E-state index is 14.0. The van der Waals surface area contributed by atoms with Crippen molar-refractivity contribution in [3.63, 3.8) is 0 Å². The summed E-state index contributed by atoms with van der Waals surface area (Å²) in [5, 5.41) is 3.25. The first-order valence-electron chi connectivity index (χ1n) is 6.83. The number of nitrogens with one attached hydrogen (secondary N) is 1. The minimum Gasteiger partial charge on any atom is -0.310 e. The first-order chi connectivity index (χ1) is 8.95. The van der Waals surface area contributed by atoms with Crippen molar-refractivity contribution in [2.45, 2.75) is 46.1 Å². The minimum absolute atomic E-state index is 0.164. The molecule has 0 saturated heterocycles. The van der Waals surface area contributed by atoms with Crippen molar-refractivity contribution in [3.05, 3.63) is 33.8 Å². The van der Waals surface area contributed by atoms with Crippen molar-refractivity contribution in [1.82, 2.24) is 5.32 Å². The standard InChI is InChI=1S/C15H22BrF2N/c1-4-7-19-14(6-5-10(2)3)15-12(17)8-11(16)9-13(15)18/h8-10,14,19H,4-7H2,1-3H3. The van der Waals surface area contributed by atoms with E-state index in [-0.39, 0.29) is 11.6 Å². The van der Waals surface area contributed by atoms with Gasteiger partial charge in [0.25, 0.3) is 0 Å². The Kier molecular flexibility index (Phi) is 6.94. The lowest BCUT2D eigenvalue weighted by molar-refractivity contribution is 0.410. The van der Waals surface area contributed by atoms with Gasteiger partial charge in [0, 0.05) is 16.1 Å². The van der Waals surface area contributed by atoms with Gasteiger partial charge in [-0.15, -0.1) is 0 Å². The summed E-state index contributed by atoms with van der Waals surface area (Å²) < 4.78 is 28.4. The van der Waals surface area contributed by atoms with Crippen molar-refractivity contribution < 1.29 is 8.78 Å². The maximum Gasteiger partial charge on any atom is 0.132 e. The molecule has 0 aromatic heterocycles. The Hall–Kier alpha value is -0.480. The van der Waals surface area contributed by atoms with Gasteiger partial charge in [-0.05, 0) is 43.9 Å². The van der Waals surface area contributed by atoms with Crippen molar-refractivity contribution in [2.24, 2.45) is 5.92 Å². The number of hydrogen-bond acceptors (Lipinski definition) is 1. The van der Waals surface area contributed by atoms with Crippen molar-refractivity contribution in [3.8, 4) is 0 Å². The number of benzene rings is 1. The normalized spacial score (nSPS) is 13.0. The summed E-state index contributed by atoms with van der Waals surface area (Å²) in [6.45, 7) is 7.04. The van der Waals surface area contributed by atoms with Crippen LogP contribution in [0.5, 0.6) is 0 Å². The van der Waals surface area contributed by atoms with Crippen molar-refractivity contribution >= 4 is 15.9 Å². The molecule has 0 radical (unpaired) electrons. The fraction of sp³-hybridized carbons (Fsp3) is 0.600. The summed E-state index contributed by atoms with van der Waals surface area (Å²) in [5.74, 6) is -0.444. The molecule has 0 aliphatic carbocycles. The van der Waals surface area contributed by atoms with Crippen LogP contribution in [0, 0.1) is 17.6 Å². The summed E-state index contributed by atoms with van der Waals surface area (Å²) >= 11 is 3.11. The molecule has 1 atom stereocenters. The molecule has 0 saturated carbocycles. The van der Waals surface area contributed by atoms with Crippen LogP contribution >= 0.6 is 15.9 Å². The Morgan fingerprint density at radius 3 is 2.21 bits per heavy atom. The summed E-state index contributed by atoms with van der Waals surface area (Å²) in [5.41, 5.74) is 0.164. The van der Waals surface area contributed by atoms with Crippen LogP contribution in [0.4, 0.5) is 8.78 Å². The second kappa shape index (κ2) is 7.95. The van der Waals surface area contributed by atoms with Crippen LogP contribution in [0.25, 0.3) is 0 Å².